The van der Waals surface area contributed by atoms with Gasteiger partial charge in [-0.05, 0) is 49.2 Å². The largest absolute Gasteiger partial charge is 0.469 e. The van der Waals surface area contributed by atoms with Gasteiger partial charge in [-0.2, -0.15) is 5.26 Å². The lowest BCUT2D eigenvalue weighted by Gasteiger charge is -2.28. The van der Waals surface area contributed by atoms with E-state index >= 15 is 0 Å². The second-order valence-corrected chi connectivity index (χ2v) is 9.21. The lowest BCUT2D eigenvalue weighted by Crippen LogP contribution is -2.31. The fourth-order valence-electron chi connectivity index (χ4n) is 4.16. The van der Waals surface area contributed by atoms with Crippen LogP contribution in [0.1, 0.15) is 31.1 Å². The summed E-state index contributed by atoms with van der Waals surface area (Å²) in [6.07, 6.45) is 2.32. The first kappa shape index (κ1) is 25.0. The third-order valence-electron chi connectivity index (χ3n) is 5.87. The Morgan fingerprint density at radius 2 is 1.81 bits per heavy atom. The standard InChI is InChI=1S/C28H26N4O3S/c1-3-19-10-7-8-13-22(19)32-24(33)17-36-28-21(16-29)26(23-14-9-15-35-23)25(18(2)30-28)27(34)31-20-11-5-4-6-12-20/h4-15,21,26H,3,17H2,1-2H3,(H,31,34)(H,32,33)/t21?,26-/m1/s1. The van der Waals surface area contributed by atoms with Gasteiger partial charge < -0.3 is 15.1 Å². The zero-order valence-corrected chi connectivity index (χ0v) is 20.8. The van der Waals surface area contributed by atoms with Crippen molar-refractivity contribution in [3.05, 3.63) is 95.6 Å². The first-order valence-electron chi connectivity index (χ1n) is 11.6. The summed E-state index contributed by atoms with van der Waals surface area (Å²) in [5.74, 6) is -1.40. The van der Waals surface area contributed by atoms with Crippen LogP contribution in [0.25, 0.3) is 0 Å². The maximum Gasteiger partial charge on any atom is 0.254 e. The minimum atomic E-state index is -0.780. The van der Waals surface area contributed by atoms with Crippen molar-refractivity contribution in [1.82, 2.24) is 0 Å². The van der Waals surface area contributed by atoms with Crippen molar-refractivity contribution in [2.24, 2.45) is 10.9 Å². The van der Waals surface area contributed by atoms with Gasteiger partial charge in [0.05, 0.1) is 34.6 Å². The highest BCUT2D eigenvalue weighted by molar-refractivity contribution is 8.14. The minimum absolute atomic E-state index is 0.0821. The highest BCUT2D eigenvalue weighted by Gasteiger charge is 2.40. The van der Waals surface area contributed by atoms with E-state index < -0.39 is 11.8 Å². The van der Waals surface area contributed by atoms with Crippen LogP contribution < -0.4 is 10.6 Å². The van der Waals surface area contributed by atoms with Gasteiger partial charge in [0.2, 0.25) is 5.91 Å². The molecular weight excluding hydrogens is 472 g/mol. The van der Waals surface area contributed by atoms with E-state index in [1.807, 2.05) is 49.4 Å². The second kappa shape index (κ2) is 11.6. The Morgan fingerprint density at radius 1 is 1.06 bits per heavy atom. The summed E-state index contributed by atoms with van der Waals surface area (Å²) < 4.78 is 5.65. The molecule has 0 radical (unpaired) electrons. The zero-order chi connectivity index (χ0) is 25.5. The van der Waals surface area contributed by atoms with Gasteiger partial charge in [0.1, 0.15) is 11.7 Å². The molecule has 2 atom stereocenters. The summed E-state index contributed by atoms with van der Waals surface area (Å²) in [5, 5.41) is 16.5. The molecule has 2 heterocycles. The van der Waals surface area contributed by atoms with Crippen LogP contribution >= 0.6 is 11.8 Å². The van der Waals surface area contributed by atoms with Crippen LogP contribution in [-0.4, -0.2) is 22.6 Å². The fraction of sp³-hybridized carbons (Fsp3) is 0.214. The molecule has 8 heteroatoms. The quantitative estimate of drug-likeness (QED) is 0.430. The van der Waals surface area contributed by atoms with Crippen molar-refractivity contribution in [1.29, 1.82) is 5.26 Å². The highest BCUT2D eigenvalue weighted by Crippen LogP contribution is 2.41. The molecule has 1 aliphatic heterocycles. The number of aliphatic imine (C=N–C) groups is 1. The van der Waals surface area contributed by atoms with E-state index in [4.69, 9.17) is 4.42 Å². The molecule has 3 aromatic rings. The van der Waals surface area contributed by atoms with Crippen molar-refractivity contribution in [3.8, 4) is 6.07 Å². The summed E-state index contributed by atoms with van der Waals surface area (Å²) in [7, 11) is 0. The number of hydrogen-bond acceptors (Lipinski definition) is 6. The number of thioether (sulfide) groups is 1. The van der Waals surface area contributed by atoms with E-state index in [0.29, 0.717) is 27.8 Å². The number of carbonyl (C=O) groups is 2. The number of benzene rings is 2. The number of allylic oxidation sites excluding steroid dienone is 1. The highest BCUT2D eigenvalue weighted by atomic mass is 32.2. The van der Waals surface area contributed by atoms with E-state index in [0.717, 1.165) is 17.7 Å². The van der Waals surface area contributed by atoms with Crippen LogP contribution in [0.15, 0.2) is 93.7 Å². The lowest BCUT2D eigenvalue weighted by atomic mass is 9.81. The molecule has 0 fully saturated rings. The van der Waals surface area contributed by atoms with Crippen molar-refractivity contribution in [2.45, 2.75) is 26.2 Å². The van der Waals surface area contributed by atoms with E-state index in [1.165, 1.54) is 18.0 Å². The Morgan fingerprint density at radius 3 is 2.50 bits per heavy atom. The van der Waals surface area contributed by atoms with Gasteiger partial charge in [-0.1, -0.05) is 55.1 Å². The van der Waals surface area contributed by atoms with Crippen LogP contribution in [-0.2, 0) is 16.0 Å². The molecule has 2 N–H and O–H groups in total. The van der Waals surface area contributed by atoms with Crippen molar-refractivity contribution in [3.63, 3.8) is 0 Å². The van der Waals surface area contributed by atoms with Gasteiger partial charge in [-0.25, -0.2) is 4.99 Å². The van der Waals surface area contributed by atoms with E-state index in [-0.39, 0.29) is 17.6 Å². The van der Waals surface area contributed by atoms with Crippen molar-refractivity contribution < 1.29 is 14.0 Å². The third kappa shape index (κ3) is 5.58. The predicted molar refractivity (Wildman–Crippen MR) is 143 cm³/mol. The van der Waals surface area contributed by atoms with Crippen molar-refractivity contribution in [2.75, 3.05) is 16.4 Å². The molecule has 4 rings (SSSR count). The average Bonchev–Trinajstić information content (AvgIpc) is 3.42. The maximum absolute atomic E-state index is 13.3. The predicted octanol–water partition coefficient (Wildman–Crippen LogP) is 5.76. The molecule has 7 nitrogen and oxygen atoms in total. The number of aryl methyl sites for hydroxylation is 1. The Balaban J connectivity index is 1.58. The number of nitrogens with one attached hydrogen (secondary N) is 2. The van der Waals surface area contributed by atoms with Gasteiger partial charge in [-0.3, -0.25) is 9.59 Å². The molecule has 2 amide bonds. The summed E-state index contributed by atoms with van der Waals surface area (Å²) in [5.41, 5.74) is 3.31. The Labute approximate surface area is 214 Å². The molecule has 182 valence electrons. The van der Waals surface area contributed by atoms with Crippen molar-refractivity contribution >= 4 is 40.0 Å². The van der Waals surface area contributed by atoms with Gasteiger partial charge in [0, 0.05) is 17.1 Å². The minimum Gasteiger partial charge on any atom is -0.469 e. The number of nitriles is 1. The van der Waals surface area contributed by atoms with Crippen LogP contribution in [0.3, 0.4) is 0 Å². The zero-order valence-electron chi connectivity index (χ0n) is 20.0. The van der Waals surface area contributed by atoms with E-state index in [1.54, 1.807) is 31.2 Å². The number of para-hydroxylation sites is 2. The smallest absolute Gasteiger partial charge is 0.254 e. The maximum atomic E-state index is 13.3. The normalized spacial score (nSPS) is 17.2. The molecule has 0 bridgehead atoms. The molecule has 0 aliphatic carbocycles. The number of nitrogens with zero attached hydrogens (tertiary/aromatic N) is 2. The molecule has 2 aromatic carbocycles. The topological polar surface area (TPSA) is 107 Å². The number of anilines is 2. The number of furan rings is 1. The summed E-state index contributed by atoms with van der Waals surface area (Å²) in [6.45, 7) is 3.77. The first-order valence-corrected chi connectivity index (χ1v) is 12.6. The van der Waals surface area contributed by atoms with Gasteiger partial charge in [-0.15, -0.1) is 0 Å². The Hall–Kier alpha value is -4.09. The Bertz CT molecular complexity index is 1340. The second-order valence-electron chi connectivity index (χ2n) is 8.22. The lowest BCUT2D eigenvalue weighted by molar-refractivity contribution is -0.114. The molecular formula is C28H26N4O3S. The van der Waals surface area contributed by atoms with Gasteiger partial charge >= 0.3 is 0 Å². The molecule has 1 aliphatic rings. The SMILES string of the molecule is CCc1ccccc1NC(=O)CSC1=NC(C)=C(C(=O)Nc2ccccc2)[C@@H](c2ccco2)C1C#N. The van der Waals surface area contributed by atoms with E-state index in [9.17, 15) is 14.9 Å². The van der Waals surface area contributed by atoms with Crippen LogP contribution in [0.5, 0.6) is 0 Å². The van der Waals surface area contributed by atoms with Gasteiger partial charge in [0.25, 0.3) is 5.91 Å². The molecule has 1 aromatic heterocycles. The third-order valence-corrected chi connectivity index (χ3v) is 6.91. The number of carbonyl (C=O) groups excluding carboxylic acids is 2. The van der Waals surface area contributed by atoms with Crippen LogP contribution in [0.2, 0.25) is 0 Å². The van der Waals surface area contributed by atoms with E-state index in [2.05, 4.69) is 21.7 Å². The monoisotopic (exact) mass is 498 g/mol. The van der Waals surface area contributed by atoms with Crippen LogP contribution in [0, 0.1) is 17.2 Å². The molecule has 0 saturated carbocycles. The molecule has 36 heavy (non-hydrogen) atoms. The summed E-state index contributed by atoms with van der Waals surface area (Å²) in [6, 6.07) is 22.5. The van der Waals surface area contributed by atoms with Gasteiger partial charge in [0.15, 0.2) is 0 Å². The fourth-order valence-corrected chi connectivity index (χ4v) is 5.08. The van der Waals surface area contributed by atoms with Crippen LogP contribution in [0.4, 0.5) is 11.4 Å². The summed E-state index contributed by atoms with van der Waals surface area (Å²) in [4.78, 5) is 30.6. The number of hydrogen-bond donors (Lipinski definition) is 2. The Kier molecular flexibility index (Phi) is 8.03. The summed E-state index contributed by atoms with van der Waals surface area (Å²) >= 11 is 1.20. The number of rotatable bonds is 7. The molecule has 0 saturated heterocycles. The molecule has 0 spiro atoms. The molecule has 1 unspecified atom stereocenters. The first-order chi connectivity index (χ1) is 17.5. The number of amides is 2. The average molecular weight is 499 g/mol.